The first kappa shape index (κ1) is 14.0. The Balaban J connectivity index is 2.21. The predicted molar refractivity (Wildman–Crippen MR) is 70.2 cm³/mol. The van der Waals surface area contributed by atoms with Gasteiger partial charge in [-0.05, 0) is 30.5 Å². The van der Waals surface area contributed by atoms with Crippen LogP contribution >= 0.6 is 0 Å². The van der Waals surface area contributed by atoms with Crippen LogP contribution in [0, 0.1) is 5.92 Å². The molecule has 0 radical (unpaired) electrons. The van der Waals surface area contributed by atoms with Crippen LogP contribution in [0.4, 0.5) is 0 Å². The van der Waals surface area contributed by atoms with Crippen LogP contribution in [0.25, 0.3) is 0 Å². The van der Waals surface area contributed by atoms with E-state index in [0.717, 1.165) is 19.8 Å². The Bertz CT molecular complexity index is 309. The van der Waals surface area contributed by atoms with E-state index in [9.17, 15) is 5.11 Å². The van der Waals surface area contributed by atoms with Crippen LogP contribution < -0.4 is 5.32 Å². The van der Waals surface area contributed by atoms with Crippen molar-refractivity contribution in [1.82, 2.24) is 5.32 Å². The standard InChI is InChI=1S/C14H23NO2/c1-11(2)10-17-9-8-15-12(3)13-4-6-14(16)7-5-13/h4-7,11-12,15-16H,8-10H2,1-3H3. The monoisotopic (exact) mass is 237 g/mol. The number of rotatable bonds is 7. The summed E-state index contributed by atoms with van der Waals surface area (Å²) >= 11 is 0. The maximum absolute atomic E-state index is 9.20. The minimum Gasteiger partial charge on any atom is -0.508 e. The van der Waals surface area contributed by atoms with E-state index in [1.165, 1.54) is 5.56 Å². The first-order valence-electron chi connectivity index (χ1n) is 6.19. The lowest BCUT2D eigenvalue weighted by atomic mass is 10.1. The van der Waals surface area contributed by atoms with E-state index in [4.69, 9.17) is 4.74 Å². The molecule has 1 aromatic rings. The molecule has 1 rings (SSSR count). The largest absolute Gasteiger partial charge is 0.508 e. The summed E-state index contributed by atoms with van der Waals surface area (Å²) in [5, 5.41) is 12.6. The van der Waals surface area contributed by atoms with Crippen molar-refractivity contribution in [2.24, 2.45) is 5.92 Å². The second-order valence-corrected chi connectivity index (χ2v) is 4.74. The SMILES string of the molecule is CC(C)COCCNC(C)c1ccc(O)cc1. The van der Waals surface area contributed by atoms with Gasteiger partial charge >= 0.3 is 0 Å². The average molecular weight is 237 g/mol. The van der Waals surface area contributed by atoms with Gasteiger partial charge in [-0.1, -0.05) is 26.0 Å². The van der Waals surface area contributed by atoms with Gasteiger partial charge < -0.3 is 15.2 Å². The molecule has 17 heavy (non-hydrogen) atoms. The fourth-order valence-electron chi connectivity index (χ4n) is 1.55. The molecular formula is C14H23NO2. The lowest BCUT2D eigenvalue weighted by Crippen LogP contribution is -2.23. The highest BCUT2D eigenvalue weighted by atomic mass is 16.5. The fourth-order valence-corrected chi connectivity index (χ4v) is 1.55. The molecule has 0 aromatic heterocycles. The molecule has 0 aliphatic heterocycles. The molecule has 96 valence electrons. The van der Waals surface area contributed by atoms with Gasteiger partial charge in [0.2, 0.25) is 0 Å². The Hall–Kier alpha value is -1.06. The molecule has 0 saturated heterocycles. The topological polar surface area (TPSA) is 41.5 Å². The smallest absolute Gasteiger partial charge is 0.115 e. The molecule has 2 N–H and O–H groups in total. The lowest BCUT2D eigenvalue weighted by Gasteiger charge is -2.14. The quantitative estimate of drug-likeness (QED) is 0.716. The van der Waals surface area contributed by atoms with Gasteiger partial charge in [-0.25, -0.2) is 0 Å². The summed E-state index contributed by atoms with van der Waals surface area (Å²) in [5.74, 6) is 0.894. The summed E-state index contributed by atoms with van der Waals surface area (Å²) in [6.07, 6.45) is 0. The van der Waals surface area contributed by atoms with Gasteiger partial charge in [0.05, 0.1) is 6.61 Å². The number of ether oxygens (including phenoxy) is 1. The van der Waals surface area contributed by atoms with Crippen molar-refractivity contribution in [3.63, 3.8) is 0 Å². The molecule has 0 aliphatic carbocycles. The van der Waals surface area contributed by atoms with Gasteiger partial charge in [0.1, 0.15) is 5.75 Å². The molecule has 3 heteroatoms. The van der Waals surface area contributed by atoms with Gasteiger partial charge in [-0.2, -0.15) is 0 Å². The fraction of sp³-hybridized carbons (Fsp3) is 0.571. The average Bonchev–Trinajstić information content (AvgIpc) is 2.29. The Morgan fingerprint density at radius 3 is 2.41 bits per heavy atom. The number of phenols is 1. The summed E-state index contributed by atoms with van der Waals surface area (Å²) in [7, 11) is 0. The van der Waals surface area contributed by atoms with E-state index < -0.39 is 0 Å². The number of benzene rings is 1. The van der Waals surface area contributed by atoms with Crippen LogP contribution in [0.1, 0.15) is 32.4 Å². The highest BCUT2D eigenvalue weighted by Crippen LogP contribution is 2.15. The number of aromatic hydroxyl groups is 1. The zero-order valence-corrected chi connectivity index (χ0v) is 10.9. The van der Waals surface area contributed by atoms with E-state index in [1.54, 1.807) is 12.1 Å². The molecule has 0 fully saturated rings. The zero-order chi connectivity index (χ0) is 12.7. The molecule has 0 aliphatic rings. The third-order valence-corrected chi connectivity index (χ3v) is 2.54. The van der Waals surface area contributed by atoms with Crippen molar-refractivity contribution in [3.05, 3.63) is 29.8 Å². The maximum Gasteiger partial charge on any atom is 0.115 e. The second kappa shape index (κ2) is 7.30. The zero-order valence-electron chi connectivity index (χ0n) is 10.9. The molecule has 1 atom stereocenters. The number of nitrogens with one attached hydrogen (secondary N) is 1. The molecule has 0 spiro atoms. The highest BCUT2D eigenvalue weighted by Gasteiger charge is 2.03. The van der Waals surface area contributed by atoms with E-state index in [0.29, 0.717) is 11.7 Å². The number of hydrogen-bond acceptors (Lipinski definition) is 3. The van der Waals surface area contributed by atoms with Crippen molar-refractivity contribution < 1.29 is 9.84 Å². The molecule has 1 aromatic carbocycles. The van der Waals surface area contributed by atoms with Gasteiger partial charge in [0, 0.05) is 19.2 Å². The normalized spacial score (nSPS) is 12.9. The van der Waals surface area contributed by atoms with Crippen molar-refractivity contribution in [3.8, 4) is 5.75 Å². The first-order valence-corrected chi connectivity index (χ1v) is 6.19. The van der Waals surface area contributed by atoms with Crippen molar-refractivity contribution >= 4 is 0 Å². The molecule has 0 amide bonds. The predicted octanol–water partition coefficient (Wildman–Crippen LogP) is 2.72. The van der Waals surface area contributed by atoms with Crippen LogP contribution in [0.3, 0.4) is 0 Å². The lowest BCUT2D eigenvalue weighted by molar-refractivity contribution is 0.110. The molecule has 1 unspecified atom stereocenters. The molecule has 3 nitrogen and oxygen atoms in total. The van der Waals surface area contributed by atoms with Gasteiger partial charge in [-0.15, -0.1) is 0 Å². The first-order chi connectivity index (χ1) is 8.09. The molecule has 0 heterocycles. The highest BCUT2D eigenvalue weighted by molar-refractivity contribution is 5.27. The van der Waals surface area contributed by atoms with Gasteiger partial charge in [0.25, 0.3) is 0 Å². The Morgan fingerprint density at radius 1 is 1.18 bits per heavy atom. The Morgan fingerprint density at radius 2 is 1.82 bits per heavy atom. The van der Waals surface area contributed by atoms with E-state index in [1.807, 2.05) is 12.1 Å². The summed E-state index contributed by atoms with van der Waals surface area (Å²) in [4.78, 5) is 0. The second-order valence-electron chi connectivity index (χ2n) is 4.74. The number of phenolic OH excluding ortho intramolecular Hbond substituents is 1. The van der Waals surface area contributed by atoms with Crippen LogP contribution in [0.5, 0.6) is 5.75 Å². The third-order valence-electron chi connectivity index (χ3n) is 2.54. The van der Waals surface area contributed by atoms with Gasteiger partial charge in [-0.3, -0.25) is 0 Å². The number of hydrogen-bond donors (Lipinski definition) is 2. The molecule has 0 saturated carbocycles. The summed E-state index contributed by atoms with van der Waals surface area (Å²) < 4.78 is 5.50. The Labute approximate surface area is 104 Å². The summed E-state index contributed by atoms with van der Waals surface area (Å²) in [6.45, 7) is 8.79. The van der Waals surface area contributed by atoms with Crippen LogP contribution in [0.2, 0.25) is 0 Å². The van der Waals surface area contributed by atoms with E-state index >= 15 is 0 Å². The Kier molecular flexibility index (Phi) is 6.01. The van der Waals surface area contributed by atoms with E-state index in [2.05, 4.69) is 26.1 Å². The minimum absolute atomic E-state index is 0.276. The molecular weight excluding hydrogens is 214 g/mol. The third kappa shape index (κ3) is 5.71. The van der Waals surface area contributed by atoms with Crippen molar-refractivity contribution in [2.75, 3.05) is 19.8 Å². The van der Waals surface area contributed by atoms with Crippen molar-refractivity contribution in [2.45, 2.75) is 26.8 Å². The summed E-state index contributed by atoms with van der Waals surface area (Å²) in [6, 6.07) is 7.56. The van der Waals surface area contributed by atoms with Gasteiger partial charge in [0.15, 0.2) is 0 Å². The van der Waals surface area contributed by atoms with Crippen LogP contribution in [-0.2, 0) is 4.74 Å². The van der Waals surface area contributed by atoms with Crippen molar-refractivity contribution in [1.29, 1.82) is 0 Å². The van der Waals surface area contributed by atoms with Crippen LogP contribution in [0.15, 0.2) is 24.3 Å². The van der Waals surface area contributed by atoms with E-state index in [-0.39, 0.29) is 6.04 Å². The maximum atomic E-state index is 9.20. The summed E-state index contributed by atoms with van der Waals surface area (Å²) in [5.41, 5.74) is 1.17. The molecule has 0 bridgehead atoms. The minimum atomic E-state index is 0.276. The van der Waals surface area contributed by atoms with Crippen LogP contribution in [-0.4, -0.2) is 24.9 Å².